The molecular formula is C33H46O4S3. The molecule has 40 heavy (non-hydrogen) atoms. The highest BCUT2D eigenvalue weighted by molar-refractivity contribution is 7.27. The Morgan fingerprint density at radius 3 is 1.73 bits per heavy atom. The summed E-state index contributed by atoms with van der Waals surface area (Å²) < 4.78 is 24.5. The molecule has 0 spiro atoms. The molecule has 5 rings (SSSR count). The zero-order chi connectivity index (χ0) is 27.7. The molecule has 0 unspecified atom stereocenters. The van der Waals surface area contributed by atoms with Crippen LogP contribution in [0.4, 0.5) is 0 Å². The summed E-state index contributed by atoms with van der Waals surface area (Å²) in [5.41, 5.74) is 3.08. The lowest BCUT2D eigenvalue weighted by molar-refractivity contribution is 0.173. The molecule has 2 aliphatic rings. The Hall–Kier alpha value is -1.70. The maximum absolute atomic E-state index is 6.27. The molecule has 0 fully saturated rings. The van der Waals surface area contributed by atoms with Crippen LogP contribution in [0.2, 0.25) is 0 Å². The van der Waals surface area contributed by atoms with Crippen molar-refractivity contribution in [2.24, 2.45) is 0 Å². The van der Waals surface area contributed by atoms with Gasteiger partial charge in [-0.25, -0.2) is 0 Å². The molecule has 0 saturated carbocycles. The van der Waals surface area contributed by atoms with Gasteiger partial charge in [0.15, 0.2) is 23.0 Å². The van der Waals surface area contributed by atoms with Crippen LogP contribution in [0.3, 0.4) is 0 Å². The largest absolute Gasteiger partial charge is 0.485 e. The maximum atomic E-state index is 6.27. The summed E-state index contributed by atoms with van der Waals surface area (Å²) in [5, 5.41) is 2.14. The van der Waals surface area contributed by atoms with Crippen LogP contribution in [0, 0.1) is 6.92 Å². The number of hydrogen-bond acceptors (Lipinski definition) is 7. The van der Waals surface area contributed by atoms with Gasteiger partial charge in [-0.05, 0) is 43.7 Å². The summed E-state index contributed by atoms with van der Waals surface area (Å²) in [6.07, 6.45) is 18.0. The Balaban J connectivity index is 1.52. The predicted octanol–water partition coefficient (Wildman–Crippen LogP) is 10.9. The van der Waals surface area contributed by atoms with Gasteiger partial charge in [-0.3, -0.25) is 0 Å². The lowest BCUT2D eigenvalue weighted by atomic mass is 9.95. The van der Waals surface area contributed by atoms with E-state index in [0.29, 0.717) is 26.4 Å². The molecule has 3 aromatic heterocycles. The van der Waals surface area contributed by atoms with Crippen molar-refractivity contribution in [3.05, 3.63) is 21.4 Å². The summed E-state index contributed by atoms with van der Waals surface area (Å²) in [4.78, 5) is 6.50. The minimum absolute atomic E-state index is 0.620. The fraction of sp³-hybridized carbons (Fsp3) is 0.636. The summed E-state index contributed by atoms with van der Waals surface area (Å²) >= 11 is 5.57. The van der Waals surface area contributed by atoms with Gasteiger partial charge in [0.2, 0.25) is 0 Å². The van der Waals surface area contributed by atoms with Crippen molar-refractivity contribution in [3.63, 3.8) is 0 Å². The van der Waals surface area contributed by atoms with Crippen LogP contribution in [0.1, 0.15) is 107 Å². The third-order valence-electron chi connectivity index (χ3n) is 7.95. The van der Waals surface area contributed by atoms with Gasteiger partial charge in [0.05, 0.1) is 19.5 Å². The van der Waals surface area contributed by atoms with E-state index >= 15 is 0 Å². The van der Waals surface area contributed by atoms with Gasteiger partial charge < -0.3 is 18.9 Å². The smallest absolute Gasteiger partial charge is 0.181 e. The molecule has 0 aliphatic carbocycles. The van der Waals surface area contributed by atoms with Crippen molar-refractivity contribution in [2.75, 3.05) is 26.4 Å². The topological polar surface area (TPSA) is 36.9 Å². The van der Waals surface area contributed by atoms with Gasteiger partial charge in [-0.15, -0.1) is 34.0 Å². The second-order valence-corrected chi connectivity index (χ2v) is 14.2. The third kappa shape index (κ3) is 6.84. The van der Waals surface area contributed by atoms with Gasteiger partial charge in [-0.1, -0.05) is 78.1 Å². The summed E-state index contributed by atoms with van der Waals surface area (Å²) in [6, 6.07) is 0. The van der Waals surface area contributed by atoms with Gasteiger partial charge in [-0.2, -0.15) is 0 Å². The highest BCUT2D eigenvalue weighted by atomic mass is 32.1. The maximum Gasteiger partial charge on any atom is 0.181 e. The number of aryl methyl sites for hydroxylation is 1. The van der Waals surface area contributed by atoms with Crippen molar-refractivity contribution in [1.82, 2.24) is 0 Å². The average Bonchev–Trinajstić information content (AvgIpc) is 3.66. The molecule has 0 bridgehead atoms. The lowest BCUT2D eigenvalue weighted by Crippen LogP contribution is -2.14. The molecule has 4 nitrogen and oxygen atoms in total. The van der Waals surface area contributed by atoms with Crippen LogP contribution in [-0.2, 0) is 12.8 Å². The first-order chi connectivity index (χ1) is 19.7. The second-order valence-electron chi connectivity index (χ2n) is 11.1. The first-order valence-corrected chi connectivity index (χ1v) is 18.2. The Labute approximate surface area is 253 Å². The van der Waals surface area contributed by atoms with E-state index in [1.165, 1.54) is 101 Å². The number of rotatable bonds is 16. The summed E-state index contributed by atoms with van der Waals surface area (Å²) in [7, 11) is 0. The molecule has 0 saturated heterocycles. The molecule has 0 aromatic carbocycles. The van der Waals surface area contributed by atoms with E-state index in [1.54, 1.807) is 22.5 Å². The first kappa shape index (κ1) is 29.8. The Kier molecular flexibility index (Phi) is 11.1. The van der Waals surface area contributed by atoms with Crippen molar-refractivity contribution in [1.29, 1.82) is 0 Å². The zero-order valence-electron chi connectivity index (χ0n) is 24.7. The number of thiophene rings is 3. The van der Waals surface area contributed by atoms with Crippen molar-refractivity contribution >= 4 is 34.0 Å². The van der Waals surface area contributed by atoms with Crippen LogP contribution in [0.15, 0.2) is 5.38 Å². The molecule has 0 N–H and O–H groups in total. The van der Waals surface area contributed by atoms with Gasteiger partial charge in [0, 0.05) is 10.3 Å². The van der Waals surface area contributed by atoms with E-state index in [9.17, 15) is 0 Å². The summed E-state index contributed by atoms with van der Waals surface area (Å²) in [6.45, 7) is 9.26. The van der Waals surface area contributed by atoms with Crippen LogP contribution < -0.4 is 18.9 Å². The predicted molar refractivity (Wildman–Crippen MR) is 172 cm³/mol. The molecule has 5 heterocycles. The van der Waals surface area contributed by atoms with Gasteiger partial charge >= 0.3 is 0 Å². The van der Waals surface area contributed by atoms with Crippen molar-refractivity contribution in [3.8, 4) is 42.5 Å². The van der Waals surface area contributed by atoms with Crippen molar-refractivity contribution in [2.45, 2.75) is 111 Å². The third-order valence-corrected chi connectivity index (χ3v) is 11.6. The molecule has 220 valence electrons. The molecule has 7 heteroatoms. The van der Waals surface area contributed by atoms with Crippen LogP contribution >= 0.6 is 34.0 Å². The quantitative estimate of drug-likeness (QED) is 0.153. The average molecular weight is 603 g/mol. The number of fused-ring (bicyclic) bond motifs is 2. The molecule has 0 atom stereocenters. The number of ether oxygens (including phenoxy) is 4. The molecule has 3 aromatic rings. The Morgan fingerprint density at radius 1 is 0.550 bits per heavy atom. The minimum atomic E-state index is 0.620. The van der Waals surface area contributed by atoms with E-state index < -0.39 is 0 Å². The van der Waals surface area contributed by atoms with E-state index in [0.717, 1.165) is 35.8 Å². The SMILES string of the molecule is CCCCCCCCc1c(-c2scc3c2OCCO3)sc(-c2sc(C)c3c2OCCO3)c1CCCCCCCC. The monoisotopic (exact) mass is 602 g/mol. The number of unbranched alkanes of at least 4 members (excludes halogenated alkanes) is 10. The highest BCUT2D eigenvalue weighted by Crippen LogP contribution is 2.57. The minimum Gasteiger partial charge on any atom is -0.485 e. The molecule has 0 amide bonds. The molecule has 0 radical (unpaired) electrons. The van der Waals surface area contributed by atoms with Gasteiger partial charge in [0.1, 0.15) is 26.4 Å². The second kappa shape index (κ2) is 15.0. The first-order valence-electron chi connectivity index (χ1n) is 15.6. The zero-order valence-corrected chi connectivity index (χ0v) is 27.1. The fourth-order valence-corrected chi connectivity index (χ4v) is 9.52. The van der Waals surface area contributed by atoms with Crippen molar-refractivity contribution < 1.29 is 18.9 Å². The molecule has 2 aliphatic heterocycles. The fourth-order valence-electron chi connectivity index (χ4n) is 5.82. The normalized spacial score (nSPS) is 14.2. The Morgan fingerprint density at radius 2 is 1.07 bits per heavy atom. The molecular weight excluding hydrogens is 557 g/mol. The van der Waals surface area contributed by atoms with E-state index in [1.807, 2.05) is 22.7 Å². The van der Waals surface area contributed by atoms with E-state index in [2.05, 4.69) is 26.2 Å². The van der Waals surface area contributed by atoms with E-state index in [4.69, 9.17) is 18.9 Å². The highest BCUT2D eigenvalue weighted by Gasteiger charge is 2.31. The van der Waals surface area contributed by atoms with Gasteiger partial charge in [0.25, 0.3) is 0 Å². The van der Waals surface area contributed by atoms with Crippen LogP contribution in [-0.4, -0.2) is 26.4 Å². The van der Waals surface area contributed by atoms with E-state index in [-0.39, 0.29) is 0 Å². The number of hydrogen-bond donors (Lipinski definition) is 0. The lowest BCUT2D eigenvalue weighted by Gasteiger charge is -2.17. The van der Waals surface area contributed by atoms with Crippen LogP contribution in [0.5, 0.6) is 23.0 Å². The van der Waals surface area contributed by atoms with Crippen LogP contribution in [0.25, 0.3) is 19.5 Å². The Bertz CT molecular complexity index is 1220. The standard InChI is InChI=1S/C33H46O4S3/c1-4-6-8-10-12-14-16-24-25(17-15-13-11-9-7-5-2)31(33-29-27(23(3)39-33)35-20-21-37-29)40-30(24)32-28-26(22-38-32)34-18-19-36-28/h22H,4-21H2,1-3H3. The summed E-state index contributed by atoms with van der Waals surface area (Å²) in [5.74, 6) is 3.77.